The topological polar surface area (TPSA) is 12.0 Å². The van der Waals surface area contributed by atoms with Crippen LogP contribution in [0.1, 0.15) is 25.3 Å². The fraction of sp³-hybridized carbons (Fsp3) is 0.500. The Hall–Kier alpha value is -0.0900. The van der Waals surface area contributed by atoms with E-state index in [0.29, 0.717) is 6.04 Å². The van der Waals surface area contributed by atoms with Gasteiger partial charge in [-0.25, -0.2) is 0 Å². The summed E-state index contributed by atoms with van der Waals surface area (Å²) in [6, 6.07) is 9.43. The molecule has 1 aromatic carbocycles. The third kappa shape index (κ3) is 2.95. The normalized spacial score (nSPS) is 18.1. The van der Waals surface area contributed by atoms with Gasteiger partial charge in [0.2, 0.25) is 0 Å². The summed E-state index contributed by atoms with van der Waals surface area (Å²) in [6.45, 7) is 3.30. The summed E-state index contributed by atoms with van der Waals surface area (Å²) in [5, 5.41) is 3.58. The van der Waals surface area contributed by atoms with Gasteiger partial charge in [0, 0.05) is 16.2 Å². The van der Waals surface area contributed by atoms with E-state index in [1.165, 1.54) is 22.0 Å². The lowest BCUT2D eigenvalue weighted by atomic mass is 10.2. The molecule has 0 heterocycles. The van der Waals surface area contributed by atoms with Crippen molar-refractivity contribution >= 4 is 22.6 Å². The number of rotatable bonds is 4. The second kappa shape index (κ2) is 4.62. The van der Waals surface area contributed by atoms with Crippen LogP contribution in [0.5, 0.6) is 0 Å². The van der Waals surface area contributed by atoms with Gasteiger partial charge in [-0.05, 0) is 66.0 Å². The van der Waals surface area contributed by atoms with E-state index in [4.69, 9.17) is 0 Å². The maximum absolute atomic E-state index is 3.58. The maximum Gasteiger partial charge on any atom is 0.0208 e. The zero-order chi connectivity index (χ0) is 9.97. The zero-order valence-corrected chi connectivity index (χ0v) is 10.6. The molecule has 1 atom stereocenters. The molecule has 0 radical (unpaired) electrons. The first-order chi connectivity index (χ1) is 6.75. The van der Waals surface area contributed by atoms with Gasteiger partial charge in [-0.2, -0.15) is 0 Å². The Morgan fingerprint density at radius 3 is 2.57 bits per heavy atom. The lowest BCUT2D eigenvalue weighted by Gasteiger charge is -2.12. The van der Waals surface area contributed by atoms with E-state index in [-0.39, 0.29) is 0 Å². The molecule has 2 heteroatoms. The van der Waals surface area contributed by atoms with Crippen molar-refractivity contribution < 1.29 is 0 Å². The van der Waals surface area contributed by atoms with E-state index in [9.17, 15) is 0 Å². The second-order valence-corrected chi connectivity index (χ2v) is 5.38. The highest BCUT2D eigenvalue weighted by atomic mass is 127. The highest BCUT2D eigenvalue weighted by Crippen LogP contribution is 2.32. The smallest absolute Gasteiger partial charge is 0.0208 e. The van der Waals surface area contributed by atoms with E-state index in [0.717, 1.165) is 12.5 Å². The van der Waals surface area contributed by atoms with Crippen LogP contribution in [-0.2, 0) is 6.54 Å². The van der Waals surface area contributed by atoms with Crippen molar-refractivity contribution in [1.29, 1.82) is 0 Å². The highest BCUT2D eigenvalue weighted by molar-refractivity contribution is 14.1. The Labute approximate surface area is 99.4 Å². The van der Waals surface area contributed by atoms with Crippen molar-refractivity contribution in [3.05, 3.63) is 33.4 Å². The molecular formula is C12H16IN. The van der Waals surface area contributed by atoms with Gasteiger partial charge in [0.05, 0.1) is 0 Å². The molecule has 0 aliphatic heterocycles. The molecular weight excluding hydrogens is 285 g/mol. The van der Waals surface area contributed by atoms with Gasteiger partial charge in [0.1, 0.15) is 0 Å². The van der Waals surface area contributed by atoms with Crippen LogP contribution in [-0.4, -0.2) is 6.04 Å². The number of halogens is 1. The third-order valence-corrected chi connectivity index (χ3v) is 3.59. The number of benzene rings is 1. The molecule has 14 heavy (non-hydrogen) atoms. The summed E-state index contributed by atoms with van der Waals surface area (Å²) in [5.41, 5.74) is 1.39. The van der Waals surface area contributed by atoms with Crippen LogP contribution >= 0.6 is 22.6 Å². The SMILES string of the molecule is CC(NCc1ccc(I)cc1)C1CC1. The number of hydrogen-bond acceptors (Lipinski definition) is 1. The quantitative estimate of drug-likeness (QED) is 0.842. The van der Waals surface area contributed by atoms with Gasteiger partial charge in [-0.3, -0.25) is 0 Å². The maximum atomic E-state index is 3.58. The van der Waals surface area contributed by atoms with Crippen LogP contribution in [0.4, 0.5) is 0 Å². The first-order valence-electron chi connectivity index (χ1n) is 5.23. The van der Waals surface area contributed by atoms with Gasteiger partial charge in [0.25, 0.3) is 0 Å². The summed E-state index contributed by atoms with van der Waals surface area (Å²) >= 11 is 2.34. The van der Waals surface area contributed by atoms with Gasteiger partial charge in [-0.1, -0.05) is 12.1 Å². The average molecular weight is 301 g/mol. The molecule has 0 bridgehead atoms. The average Bonchev–Trinajstić information content (AvgIpc) is 3.00. The molecule has 1 aliphatic rings. The summed E-state index contributed by atoms with van der Waals surface area (Å²) in [6.07, 6.45) is 2.84. The van der Waals surface area contributed by atoms with Gasteiger partial charge in [-0.15, -0.1) is 0 Å². The van der Waals surface area contributed by atoms with Crippen LogP contribution in [0.2, 0.25) is 0 Å². The first kappa shape index (κ1) is 10.4. The predicted octanol–water partition coefficient (Wildman–Crippen LogP) is 3.18. The molecule has 76 valence electrons. The predicted molar refractivity (Wildman–Crippen MR) is 68.2 cm³/mol. The summed E-state index contributed by atoms with van der Waals surface area (Å²) < 4.78 is 1.31. The molecule has 1 fully saturated rings. The van der Waals surface area contributed by atoms with Crippen LogP contribution in [0.3, 0.4) is 0 Å². The van der Waals surface area contributed by atoms with Gasteiger partial charge >= 0.3 is 0 Å². The van der Waals surface area contributed by atoms with Crippen molar-refractivity contribution in [2.45, 2.75) is 32.4 Å². The van der Waals surface area contributed by atoms with Crippen LogP contribution < -0.4 is 5.32 Å². The molecule has 1 aliphatic carbocycles. The Morgan fingerprint density at radius 2 is 2.00 bits per heavy atom. The molecule has 0 spiro atoms. The number of nitrogens with one attached hydrogen (secondary N) is 1. The van der Waals surface area contributed by atoms with Gasteiger partial charge < -0.3 is 5.32 Å². The van der Waals surface area contributed by atoms with Crippen molar-refractivity contribution in [3.63, 3.8) is 0 Å². The minimum atomic E-state index is 0.689. The number of hydrogen-bond donors (Lipinski definition) is 1. The third-order valence-electron chi connectivity index (χ3n) is 2.87. The minimum Gasteiger partial charge on any atom is -0.310 e. The van der Waals surface area contributed by atoms with E-state index in [1.54, 1.807) is 0 Å². The van der Waals surface area contributed by atoms with Crippen molar-refractivity contribution in [2.24, 2.45) is 5.92 Å². The Bertz CT molecular complexity index is 290. The lowest BCUT2D eigenvalue weighted by Crippen LogP contribution is -2.27. The summed E-state index contributed by atoms with van der Waals surface area (Å²) in [4.78, 5) is 0. The second-order valence-electron chi connectivity index (χ2n) is 4.13. The minimum absolute atomic E-state index is 0.689. The van der Waals surface area contributed by atoms with E-state index in [1.807, 2.05) is 0 Å². The Morgan fingerprint density at radius 1 is 1.36 bits per heavy atom. The van der Waals surface area contributed by atoms with Crippen molar-refractivity contribution in [3.8, 4) is 0 Å². The standard InChI is InChI=1S/C12H16IN/c1-9(11-4-5-11)14-8-10-2-6-12(13)7-3-10/h2-3,6-7,9,11,14H,4-5,8H2,1H3. The Balaban J connectivity index is 1.82. The van der Waals surface area contributed by atoms with Crippen molar-refractivity contribution in [1.82, 2.24) is 5.32 Å². The Kier molecular flexibility index (Phi) is 3.44. The molecule has 2 rings (SSSR count). The fourth-order valence-corrected chi connectivity index (χ4v) is 2.00. The fourth-order valence-electron chi connectivity index (χ4n) is 1.64. The molecule has 1 saturated carbocycles. The molecule has 1 unspecified atom stereocenters. The van der Waals surface area contributed by atoms with Crippen LogP contribution in [0.15, 0.2) is 24.3 Å². The van der Waals surface area contributed by atoms with E-state index < -0.39 is 0 Å². The van der Waals surface area contributed by atoms with Crippen LogP contribution in [0.25, 0.3) is 0 Å². The first-order valence-corrected chi connectivity index (χ1v) is 6.31. The van der Waals surface area contributed by atoms with Gasteiger partial charge in [0.15, 0.2) is 0 Å². The molecule has 1 aromatic rings. The largest absolute Gasteiger partial charge is 0.310 e. The molecule has 0 amide bonds. The van der Waals surface area contributed by atoms with Crippen molar-refractivity contribution in [2.75, 3.05) is 0 Å². The molecule has 1 N–H and O–H groups in total. The van der Waals surface area contributed by atoms with Crippen LogP contribution in [0, 0.1) is 9.49 Å². The van der Waals surface area contributed by atoms with E-state index in [2.05, 4.69) is 59.1 Å². The molecule has 1 nitrogen and oxygen atoms in total. The molecule has 0 aromatic heterocycles. The summed E-state index contributed by atoms with van der Waals surface area (Å²) in [5.74, 6) is 0.943. The zero-order valence-electron chi connectivity index (χ0n) is 8.46. The highest BCUT2D eigenvalue weighted by Gasteiger charge is 2.27. The molecule has 0 saturated heterocycles. The lowest BCUT2D eigenvalue weighted by molar-refractivity contribution is 0.496. The van der Waals surface area contributed by atoms with E-state index >= 15 is 0 Å². The summed E-state index contributed by atoms with van der Waals surface area (Å²) in [7, 11) is 0. The monoisotopic (exact) mass is 301 g/mol.